The molecule has 0 atom stereocenters. The second-order valence-electron chi connectivity index (χ2n) is 6.45. The number of methoxy groups -OCH3 is 1. The lowest BCUT2D eigenvalue weighted by molar-refractivity contribution is 0.418. The van der Waals surface area contributed by atoms with Crippen LogP contribution < -0.4 is 9.46 Å². The summed E-state index contributed by atoms with van der Waals surface area (Å²) in [5.41, 5.74) is 1.76. The van der Waals surface area contributed by atoms with E-state index in [0.29, 0.717) is 28.8 Å². The predicted molar refractivity (Wildman–Crippen MR) is 104 cm³/mol. The lowest BCUT2D eigenvalue weighted by Crippen LogP contribution is -2.15. The Labute approximate surface area is 165 Å². The molecule has 0 amide bonds. The van der Waals surface area contributed by atoms with Crippen LogP contribution in [0, 0.1) is 12.7 Å². The molecule has 0 fully saturated rings. The van der Waals surface area contributed by atoms with Gasteiger partial charge in [-0.2, -0.15) is 5.10 Å². The number of aryl methyl sites for hydroxylation is 1. The largest absolute Gasteiger partial charge is 0.496 e. The van der Waals surface area contributed by atoms with Gasteiger partial charge in [0.05, 0.1) is 13.7 Å². The quantitative estimate of drug-likeness (QED) is 0.518. The van der Waals surface area contributed by atoms with Crippen LogP contribution in [0.15, 0.2) is 58.2 Å². The predicted octanol–water partition coefficient (Wildman–Crippen LogP) is 3.33. The zero-order chi connectivity index (χ0) is 20.6. The van der Waals surface area contributed by atoms with E-state index in [1.807, 2.05) is 12.3 Å². The summed E-state index contributed by atoms with van der Waals surface area (Å²) >= 11 is 0. The number of halogens is 1. The Hall–Kier alpha value is -3.40. The van der Waals surface area contributed by atoms with Crippen molar-refractivity contribution in [2.24, 2.45) is 0 Å². The highest BCUT2D eigenvalue weighted by molar-refractivity contribution is 7.92. The Kier molecular flexibility index (Phi) is 4.71. The molecule has 0 bridgehead atoms. The SMILES string of the molecule is COc1cc(Cn2cccn2)cc2onc(NS(=O)(=O)c3cc(C)ccc3F)c12. The molecule has 150 valence electrons. The van der Waals surface area contributed by atoms with Gasteiger partial charge < -0.3 is 9.26 Å². The third-order valence-corrected chi connectivity index (χ3v) is 5.68. The first-order valence-corrected chi connectivity index (χ1v) is 10.1. The van der Waals surface area contributed by atoms with Crippen molar-refractivity contribution >= 4 is 26.8 Å². The highest BCUT2D eigenvalue weighted by atomic mass is 32.2. The molecule has 0 unspecified atom stereocenters. The maximum absolute atomic E-state index is 14.1. The number of fused-ring (bicyclic) bond motifs is 1. The topological polar surface area (TPSA) is 99.2 Å². The Balaban J connectivity index is 1.74. The molecule has 2 aromatic carbocycles. The van der Waals surface area contributed by atoms with Crippen molar-refractivity contribution in [2.45, 2.75) is 18.4 Å². The van der Waals surface area contributed by atoms with Gasteiger partial charge >= 0.3 is 0 Å². The van der Waals surface area contributed by atoms with Gasteiger partial charge in [0, 0.05) is 12.4 Å². The number of hydrogen-bond acceptors (Lipinski definition) is 6. The first-order valence-electron chi connectivity index (χ1n) is 8.60. The zero-order valence-corrected chi connectivity index (χ0v) is 16.4. The molecule has 0 aliphatic heterocycles. The molecule has 2 heterocycles. The standard InChI is InChI=1S/C19H17FN4O4S/c1-12-4-5-14(20)17(8-12)29(25,26)23-19-18-15(27-2)9-13(10-16(18)28-22-19)11-24-7-3-6-21-24/h3-10H,11H2,1-2H3,(H,22,23). The Morgan fingerprint density at radius 3 is 2.83 bits per heavy atom. The molecule has 0 saturated carbocycles. The molecule has 8 nitrogen and oxygen atoms in total. The van der Waals surface area contributed by atoms with Gasteiger partial charge in [-0.05, 0) is 48.4 Å². The minimum absolute atomic E-state index is 0.0802. The summed E-state index contributed by atoms with van der Waals surface area (Å²) in [5.74, 6) is -0.568. The second kappa shape index (κ2) is 7.21. The fourth-order valence-electron chi connectivity index (χ4n) is 2.99. The van der Waals surface area contributed by atoms with E-state index in [1.165, 1.54) is 19.2 Å². The summed E-state index contributed by atoms with van der Waals surface area (Å²) in [7, 11) is -2.76. The van der Waals surface area contributed by atoms with Crippen molar-refractivity contribution in [3.8, 4) is 5.75 Å². The summed E-state index contributed by atoms with van der Waals surface area (Å²) < 4.78 is 54.2. The number of benzene rings is 2. The third kappa shape index (κ3) is 3.66. The summed E-state index contributed by atoms with van der Waals surface area (Å²) in [6.07, 6.45) is 3.48. The minimum Gasteiger partial charge on any atom is -0.496 e. The number of sulfonamides is 1. The Morgan fingerprint density at radius 1 is 1.28 bits per heavy atom. The smallest absolute Gasteiger partial charge is 0.266 e. The van der Waals surface area contributed by atoms with Crippen LogP contribution in [0.2, 0.25) is 0 Å². The first-order chi connectivity index (χ1) is 13.9. The lowest BCUT2D eigenvalue weighted by atomic mass is 10.1. The van der Waals surface area contributed by atoms with Crippen molar-refractivity contribution in [3.63, 3.8) is 0 Å². The van der Waals surface area contributed by atoms with Gasteiger partial charge in [-0.1, -0.05) is 11.2 Å². The van der Waals surface area contributed by atoms with Crippen molar-refractivity contribution in [2.75, 3.05) is 11.8 Å². The van der Waals surface area contributed by atoms with Crippen molar-refractivity contribution < 1.29 is 22.1 Å². The minimum atomic E-state index is -4.22. The number of anilines is 1. The fraction of sp³-hybridized carbons (Fsp3) is 0.158. The summed E-state index contributed by atoms with van der Waals surface area (Å²) in [6.45, 7) is 2.14. The van der Waals surface area contributed by atoms with Crippen LogP contribution in [0.1, 0.15) is 11.1 Å². The fourth-order valence-corrected chi connectivity index (χ4v) is 4.16. The monoisotopic (exact) mass is 416 g/mol. The number of nitrogens with zero attached hydrogens (tertiary/aromatic N) is 3. The number of aromatic nitrogens is 3. The number of hydrogen-bond donors (Lipinski definition) is 1. The van der Waals surface area contributed by atoms with E-state index in [-0.39, 0.29) is 5.82 Å². The molecule has 0 radical (unpaired) electrons. The summed E-state index contributed by atoms with van der Waals surface area (Å²) in [5, 5.41) is 8.31. The van der Waals surface area contributed by atoms with Crippen LogP contribution in [0.3, 0.4) is 0 Å². The van der Waals surface area contributed by atoms with Gasteiger partial charge in [-0.25, -0.2) is 12.8 Å². The number of nitrogens with one attached hydrogen (secondary N) is 1. The summed E-state index contributed by atoms with van der Waals surface area (Å²) in [6, 6.07) is 9.11. The molecule has 2 aromatic heterocycles. The van der Waals surface area contributed by atoms with E-state index < -0.39 is 20.7 Å². The average Bonchev–Trinajstić information content (AvgIpc) is 3.33. The normalized spacial score (nSPS) is 11.7. The van der Waals surface area contributed by atoms with E-state index in [4.69, 9.17) is 9.26 Å². The maximum Gasteiger partial charge on any atom is 0.266 e. The molecular formula is C19H17FN4O4S. The van der Waals surface area contributed by atoms with Crippen molar-refractivity contribution in [1.29, 1.82) is 0 Å². The Bertz CT molecular complexity index is 1280. The van der Waals surface area contributed by atoms with Crippen molar-refractivity contribution in [1.82, 2.24) is 14.9 Å². The lowest BCUT2D eigenvalue weighted by Gasteiger charge is -2.09. The molecule has 0 saturated heterocycles. The van der Waals surface area contributed by atoms with E-state index in [1.54, 1.807) is 29.9 Å². The summed E-state index contributed by atoms with van der Waals surface area (Å²) in [4.78, 5) is -0.470. The molecule has 0 spiro atoms. The Morgan fingerprint density at radius 2 is 2.10 bits per heavy atom. The van der Waals surface area contributed by atoms with E-state index >= 15 is 0 Å². The van der Waals surface area contributed by atoms with E-state index in [0.717, 1.165) is 11.6 Å². The van der Waals surface area contributed by atoms with Crippen LogP contribution >= 0.6 is 0 Å². The van der Waals surface area contributed by atoms with Gasteiger partial charge in [0.15, 0.2) is 11.4 Å². The second-order valence-corrected chi connectivity index (χ2v) is 8.10. The van der Waals surface area contributed by atoms with E-state index in [9.17, 15) is 12.8 Å². The number of ether oxygens (including phenoxy) is 1. The van der Waals surface area contributed by atoms with E-state index in [2.05, 4.69) is 15.0 Å². The molecule has 0 aliphatic carbocycles. The molecule has 29 heavy (non-hydrogen) atoms. The molecular weight excluding hydrogens is 399 g/mol. The molecule has 0 aliphatic rings. The molecule has 4 aromatic rings. The van der Waals surface area contributed by atoms with Crippen LogP contribution in [-0.4, -0.2) is 30.5 Å². The van der Waals surface area contributed by atoms with Gasteiger partial charge in [-0.15, -0.1) is 0 Å². The first kappa shape index (κ1) is 18.9. The van der Waals surface area contributed by atoms with Gasteiger partial charge in [-0.3, -0.25) is 9.40 Å². The highest BCUT2D eigenvalue weighted by Crippen LogP contribution is 2.35. The molecule has 4 rings (SSSR count). The number of rotatable bonds is 6. The van der Waals surface area contributed by atoms with Gasteiger partial charge in [0.1, 0.15) is 21.8 Å². The van der Waals surface area contributed by atoms with Crippen LogP contribution in [-0.2, 0) is 16.6 Å². The van der Waals surface area contributed by atoms with Gasteiger partial charge in [0.25, 0.3) is 10.0 Å². The van der Waals surface area contributed by atoms with Crippen molar-refractivity contribution in [3.05, 3.63) is 65.7 Å². The van der Waals surface area contributed by atoms with Crippen LogP contribution in [0.25, 0.3) is 11.0 Å². The van der Waals surface area contributed by atoms with Crippen LogP contribution in [0.4, 0.5) is 10.2 Å². The highest BCUT2D eigenvalue weighted by Gasteiger charge is 2.24. The van der Waals surface area contributed by atoms with Gasteiger partial charge in [0.2, 0.25) is 0 Å². The third-order valence-electron chi connectivity index (χ3n) is 4.33. The average molecular weight is 416 g/mol. The molecule has 1 N–H and O–H groups in total. The zero-order valence-electron chi connectivity index (χ0n) is 15.6. The van der Waals surface area contributed by atoms with Crippen LogP contribution in [0.5, 0.6) is 5.75 Å². The molecule has 10 heteroatoms. The maximum atomic E-state index is 14.1.